The molecule has 0 radical (unpaired) electrons. The third-order valence-electron chi connectivity index (χ3n) is 3.21. The van der Waals surface area contributed by atoms with Gasteiger partial charge in [-0.3, -0.25) is 4.79 Å². The summed E-state index contributed by atoms with van der Waals surface area (Å²) in [5, 5.41) is 9.83. The van der Waals surface area contributed by atoms with E-state index in [1.807, 2.05) is 38.1 Å². The fraction of sp³-hybridized carbons (Fsp3) is 0.235. The predicted molar refractivity (Wildman–Crippen MR) is 80.8 cm³/mol. The van der Waals surface area contributed by atoms with Crippen molar-refractivity contribution < 1.29 is 14.6 Å². The van der Waals surface area contributed by atoms with Crippen molar-refractivity contribution in [1.29, 1.82) is 0 Å². The Kier molecular flexibility index (Phi) is 4.60. The SMILES string of the molecule is Cc1cc(C)cc(OCc2ccccc2C(O)C(N)=O)c1. The number of rotatable bonds is 5. The first-order valence-electron chi connectivity index (χ1n) is 6.73. The lowest BCUT2D eigenvalue weighted by Gasteiger charge is -2.14. The van der Waals surface area contributed by atoms with E-state index in [1.165, 1.54) is 0 Å². The van der Waals surface area contributed by atoms with Gasteiger partial charge in [0, 0.05) is 0 Å². The zero-order valence-electron chi connectivity index (χ0n) is 12.2. The molecule has 0 saturated heterocycles. The molecular formula is C17H19NO3. The Morgan fingerprint density at radius 1 is 1.19 bits per heavy atom. The first-order valence-corrected chi connectivity index (χ1v) is 6.73. The minimum atomic E-state index is -1.32. The molecule has 0 spiro atoms. The maximum atomic E-state index is 11.1. The lowest BCUT2D eigenvalue weighted by atomic mass is 10.0. The summed E-state index contributed by atoms with van der Waals surface area (Å²) < 4.78 is 5.76. The Balaban J connectivity index is 2.18. The Morgan fingerprint density at radius 3 is 2.43 bits per heavy atom. The maximum absolute atomic E-state index is 11.1. The number of hydrogen-bond donors (Lipinski definition) is 2. The lowest BCUT2D eigenvalue weighted by molar-refractivity contribution is -0.126. The van der Waals surface area contributed by atoms with Crippen molar-refractivity contribution in [1.82, 2.24) is 0 Å². The van der Waals surface area contributed by atoms with E-state index >= 15 is 0 Å². The molecule has 21 heavy (non-hydrogen) atoms. The zero-order chi connectivity index (χ0) is 15.4. The second-order valence-electron chi connectivity index (χ2n) is 5.12. The van der Waals surface area contributed by atoms with Crippen molar-refractivity contribution in [3.63, 3.8) is 0 Å². The number of aliphatic hydroxyl groups is 1. The summed E-state index contributed by atoms with van der Waals surface area (Å²) in [6.07, 6.45) is -1.32. The fourth-order valence-electron chi connectivity index (χ4n) is 2.26. The average Bonchev–Trinajstić information content (AvgIpc) is 2.43. The van der Waals surface area contributed by atoms with Gasteiger partial charge in [-0.2, -0.15) is 0 Å². The second-order valence-corrected chi connectivity index (χ2v) is 5.12. The first-order chi connectivity index (χ1) is 9.97. The molecule has 0 fully saturated rings. The maximum Gasteiger partial charge on any atom is 0.250 e. The molecule has 0 saturated carbocycles. The van der Waals surface area contributed by atoms with Gasteiger partial charge >= 0.3 is 0 Å². The van der Waals surface area contributed by atoms with Crippen molar-refractivity contribution in [2.75, 3.05) is 0 Å². The number of aryl methyl sites for hydroxylation is 2. The topological polar surface area (TPSA) is 72.6 Å². The van der Waals surface area contributed by atoms with E-state index in [2.05, 4.69) is 6.07 Å². The van der Waals surface area contributed by atoms with Crippen LogP contribution in [-0.4, -0.2) is 11.0 Å². The Bertz CT molecular complexity index is 632. The Hall–Kier alpha value is -2.33. The fourth-order valence-corrected chi connectivity index (χ4v) is 2.26. The van der Waals surface area contributed by atoms with Gasteiger partial charge in [0.2, 0.25) is 0 Å². The second kappa shape index (κ2) is 6.41. The van der Waals surface area contributed by atoms with Gasteiger partial charge in [-0.05, 0) is 48.2 Å². The third kappa shape index (κ3) is 3.83. The monoisotopic (exact) mass is 285 g/mol. The summed E-state index contributed by atoms with van der Waals surface area (Å²) in [6, 6.07) is 13.0. The standard InChI is InChI=1S/C17H19NO3/c1-11-7-12(2)9-14(8-11)21-10-13-5-3-4-6-15(13)16(19)17(18)20/h3-9,16,19H,10H2,1-2H3,(H2,18,20). The molecule has 4 heteroatoms. The molecule has 0 aliphatic heterocycles. The van der Waals surface area contributed by atoms with E-state index < -0.39 is 12.0 Å². The van der Waals surface area contributed by atoms with Gasteiger partial charge < -0.3 is 15.6 Å². The molecule has 4 nitrogen and oxygen atoms in total. The van der Waals surface area contributed by atoms with Crippen LogP contribution in [0.15, 0.2) is 42.5 Å². The molecule has 1 amide bonds. The van der Waals surface area contributed by atoms with Gasteiger partial charge in [0.05, 0.1) is 0 Å². The molecule has 2 aromatic carbocycles. The van der Waals surface area contributed by atoms with Crippen LogP contribution in [0.5, 0.6) is 5.75 Å². The summed E-state index contributed by atoms with van der Waals surface area (Å²) in [7, 11) is 0. The molecule has 2 aromatic rings. The highest BCUT2D eigenvalue weighted by Crippen LogP contribution is 2.21. The molecule has 0 aromatic heterocycles. The number of carbonyl (C=O) groups excluding carboxylic acids is 1. The minimum absolute atomic E-state index is 0.267. The molecular weight excluding hydrogens is 266 g/mol. The van der Waals surface area contributed by atoms with Gasteiger partial charge in [-0.25, -0.2) is 0 Å². The van der Waals surface area contributed by atoms with Crippen LogP contribution in [0.1, 0.15) is 28.4 Å². The molecule has 110 valence electrons. The number of benzene rings is 2. The Labute approximate surface area is 124 Å². The summed E-state index contributed by atoms with van der Waals surface area (Å²) >= 11 is 0. The van der Waals surface area contributed by atoms with Crippen LogP contribution in [0, 0.1) is 13.8 Å². The number of nitrogens with two attached hydrogens (primary N) is 1. The summed E-state index contributed by atoms with van der Waals surface area (Å²) in [5.74, 6) is -0.00952. The van der Waals surface area contributed by atoms with Crippen LogP contribution in [-0.2, 0) is 11.4 Å². The minimum Gasteiger partial charge on any atom is -0.489 e. The van der Waals surface area contributed by atoms with Gasteiger partial charge in [0.15, 0.2) is 6.10 Å². The molecule has 0 bridgehead atoms. The number of primary amides is 1. The van der Waals surface area contributed by atoms with Crippen molar-refractivity contribution >= 4 is 5.91 Å². The van der Waals surface area contributed by atoms with Crippen molar-refractivity contribution in [2.45, 2.75) is 26.6 Å². The van der Waals surface area contributed by atoms with Crippen molar-refractivity contribution in [3.8, 4) is 5.75 Å². The highest BCUT2D eigenvalue weighted by atomic mass is 16.5. The largest absolute Gasteiger partial charge is 0.489 e. The van der Waals surface area contributed by atoms with Gasteiger partial charge in [-0.1, -0.05) is 30.3 Å². The van der Waals surface area contributed by atoms with E-state index in [1.54, 1.807) is 12.1 Å². The van der Waals surface area contributed by atoms with Crippen molar-refractivity contribution in [3.05, 3.63) is 64.7 Å². The van der Waals surface area contributed by atoms with Crippen LogP contribution < -0.4 is 10.5 Å². The molecule has 0 heterocycles. The predicted octanol–water partition coefficient (Wildman–Crippen LogP) is 2.40. The quantitative estimate of drug-likeness (QED) is 0.886. The number of carbonyl (C=O) groups is 1. The van der Waals surface area contributed by atoms with E-state index in [4.69, 9.17) is 10.5 Å². The van der Waals surface area contributed by atoms with Crippen LogP contribution in [0.4, 0.5) is 0 Å². The number of aliphatic hydroxyl groups excluding tert-OH is 1. The van der Waals surface area contributed by atoms with E-state index in [-0.39, 0.29) is 6.61 Å². The van der Waals surface area contributed by atoms with Gasteiger partial charge in [0.25, 0.3) is 5.91 Å². The van der Waals surface area contributed by atoms with E-state index in [0.29, 0.717) is 5.56 Å². The first kappa shape index (κ1) is 15.1. The van der Waals surface area contributed by atoms with Gasteiger partial charge in [0.1, 0.15) is 12.4 Å². The highest BCUT2D eigenvalue weighted by Gasteiger charge is 2.17. The number of amides is 1. The van der Waals surface area contributed by atoms with Crippen LogP contribution in [0.25, 0.3) is 0 Å². The molecule has 1 unspecified atom stereocenters. The molecule has 3 N–H and O–H groups in total. The van der Waals surface area contributed by atoms with Crippen molar-refractivity contribution in [2.24, 2.45) is 5.73 Å². The molecule has 2 rings (SSSR count). The summed E-state index contributed by atoms with van der Waals surface area (Å²) in [5.41, 5.74) is 8.62. The third-order valence-corrected chi connectivity index (χ3v) is 3.21. The Morgan fingerprint density at radius 2 is 1.81 bits per heavy atom. The average molecular weight is 285 g/mol. The molecule has 0 aliphatic rings. The highest BCUT2D eigenvalue weighted by molar-refractivity contribution is 5.80. The number of ether oxygens (including phenoxy) is 1. The van der Waals surface area contributed by atoms with Crippen LogP contribution >= 0.6 is 0 Å². The lowest BCUT2D eigenvalue weighted by Crippen LogP contribution is -2.22. The smallest absolute Gasteiger partial charge is 0.250 e. The molecule has 1 atom stereocenters. The van der Waals surface area contributed by atoms with Crippen LogP contribution in [0.2, 0.25) is 0 Å². The summed E-state index contributed by atoms with van der Waals surface area (Å²) in [6.45, 7) is 4.28. The van der Waals surface area contributed by atoms with E-state index in [0.717, 1.165) is 22.4 Å². The van der Waals surface area contributed by atoms with Crippen LogP contribution in [0.3, 0.4) is 0 Å². The number of hydrogen-bond acceptors (Lipinski definition) is 3. The van der Waals surface area contributed by atoms with Gasteiger partial charge in [-0.15, -0.1) is 0 Å². The normalized spacial score (nSPS) is 12.0. The zero-order valence-corrected chi connectivity index (χ0v) is 12.2. The molecule has 0 aliphatic carbocycles. The summed E-state index contributed by atoms with van der Waals surface area (Å²) in [4.78, 5) is 11.1. The van der Waals surface area contributed by atoms with E-state index in [9.17, 15) is 9.90 Å².